The van der Waals surface area contributed by atoms with Crippen molar-refractivity contribution in [1.82, 2.24) is 14.6 Å². The first-order valence-corrected chi connectivity index (χ1v) is 4.74. The molecule has 0 saturated heterocycles. The first kappa shape index (κ1) is 9.91. The lowest BCUT2D eigenvalue weighted by Gasteiger charge is -2.05. The number of carboxylic acid groups (broad SMARTS) is 1. The monoisotopic (exact) mass is 271 g/mol. The van der Waals surface area contributed by atoms with Crippen LogP contribution in [0.15, 0.2) is 16.9 Å². The van der Waals surface area contributed by atoms with Crippen LogP contribution in [0.1, 0.15) is 10.4 Å². The zero-order valence-corrected chi connectivity index (χ0v) is 9.22. The second kappa shape index (κ2) is 3.50. The Hall–Kier alpha value is -1.63. The van der Waals surface area contributed by atoms with Gasteiger partial charge in [-0.25, -0.2) is 9.78 Å². The first-order valence-electron chi connectivity index (χ1n) is 3.94. The van der Waals surface area contributed by atoms with E-state index in [2.05, 4.69) is 26.0 Å². The number of nitrogens with zero attached hydrogens (tertiary/aromatic N) is 3. The number of carbonyl (C=O) groups is 1. The summed E-state index contributed by atoms with van der Waals surface area (Å²) in [7, 11) is 1.39. The van der Waals surface area contributed by atoms with E-state index in [1.165, 1.54) is 24.0 Å². The average Bonchev–Trinajstić information content (AvgIpc) is 2.59. The maximum absolute atomic E-state index is 10.9. The fraction of sp³-hybridized carbons (Fsp3) is 0.125. The molecule has 0 amide bonds. The lowest BCUT2D eigenvalue weighted by atomic mass is 10.3. The average molecular weight is 272 g/mol. The van der Waals surface area contributed by atoms with Crippen LogP contribution in [-0.4, -0.2) is 32.8 Å². The molecule has 78 valence electrons. The number of rotatable bonds is 2. The summed E-state index contributed by atoms with van der Waals surface area (Å²) in [4.78, 5) is 14.8. The number of hydrogen-bond donors (Lipinski definition) is 1. The molecule has 0 fully saturated rings. The number of halogens is 1. The molecule has 0 bridgehead atoms. The van der Waals surface area contributed by atoms with Gasteiger partial charge in [-0.2, -0.15) is 9.61 Å². The molecule has 0 aliphatic heterocycles. The molecule has 2 aromatic rings. The molecule has 0 aliphatic rings. The maximum Gasteiger partial charge on any atom is 0.342 e. The zero-order chi connectivity index (χ0) is 11.0. The number of aromatic carboxylic acids is 1. The Bertz CT molecular complexity index is 537. The second-order valence-corrected chi connectivity index (χ2v) is 3.57. The number of methoxy groups -OCH3 is 1. The zero-order valence-electron chi connectivity index (χ0n) is 7.64. The van der Waals surface area contributed by atoms with Gasteiger partial charge < -0.3 is 9.84 Å². The van der Waals surface area contributed by atoms with Crippen molar-refractivity contribution in [3.63, 3.8) is 0 Å². The van der Waals surface area contributed by atoms with E-state index in [0.717, 1.165) is 0 Å². The summed E-state index contributed by atoms with van der Waals surface area (Å²) in [5.41, 5.74) is 0.484. The highest BCUT2D eigenvalue weighted by Crippen LogP contribution is 2.23. The van der Waals surface area contributed by atoms with Gasteiger partial charge in [0.25, 0.3) is 0 Å². The summed E-state index contributed by atoms with van der Waals surface area (Å²) < 4.78 is 7.00. The van der Waals surface area contributed by atoms with Crippen molar-refractivity contribution in [2.24, 2.45) is 0 Å². The van der Waals surface area contributed by atoms with Crippen molar-refractivity contribution in [2.45, 2.75) is 0 Å². The fourth-order valence-electron chi connectivity index (χ4n) is 1.23. The van der Waals surface area contributed by atoms with E-state index in [-0.39, 0.29) is 11.4 Å². The predicted molar refractivity (Wildman–Crippen MR) is 54.2 cm³/mol. The molecule has 2 rings (SSSR count). The highest BCUT2D eigenvalue weighted by molar-refractivity contribution is 9.10. The summed E-state index contributed by atoms with van der Waals surface area (Å²) in [5, 5.41) is 12.8. The lowest BCUT2D eigenvalue weighted by Crippen LogP contribution is -2.07. The van der Waals surface area contributed by atoms with Crippen molar-refractivity contribution in [2.75, 3.05) is 7.11 Å². The number of aromatic nitrogens is 3. The molecule has 0 aliphatic carbocycles. The largest absolute Gasteiger partial charge is 0.480 e. The molecule has 0 radical (unpaired) electrons. The van der Waals surface area contributed by atoms with Gasteiger partial charge in [-0.15, -0.1) is 0 Å². The number of hydrogen-bond acceptors (Lipinski definition) is 4. The number of carboxylic acids is 1. The van der Waals surface area contributed by atoms with E-state index in [1.807, 2.05) is 0 Å². The van der Waals surface area contributed by atoms with E-state index in [4.69, 9.17) is 9.84 Å². The minimum atomic E-state index is -1.10. The van der Waals surface area contributed by atoms with Crippen LogP contribution >= 0.6 is 15.9 Å². The minimum absolute atomic E-state index is 0.0272. The topological polar surface area (TPSA) is 76.7 Å². The van der Waals surface area contributed by atoms with Gasteiger partial charge in [-0.1, -0.05) is 0 Å². The van der Waals surface area contributed by atoms with E-state index in [1.54, 1.807) is 0 Å². The van der Waals surface area contributed by atoms with Crippen molar-refractivity contribution in [3.8, 4) is 5.88 Å². The van der Waals surface area contributed by atoms with Gasteiger partial charge in [0.2, 0.25) is 5.88 Å². The molecular weight excluding hydrogens is 266 g/mol. The summed E-state index contributed by atoms with van der Waals surface area (Å²) >= 11 is 3.24. The Morgan fingerprint density at radius 2 is 2.33 bits per heavy atom. The molecule has 0 unspecified atom stereocenters. The Balaban J connectivity index is 2.82. The molecule has 15 heavy (non-hydrogen) atoms. The van der Waals surface area contributed by atoms with Gasteiger partial charge in [0.15, 0.2) is 5.65 Å². The Kier molecular flexibility index (Phi) is 2.31. The quantitative estimate of drug-likeness (QED) is 0.888. The predicted octanol–water partition coefficient (Wildman–Crippen LogP) is 1.20. The molecule has 6 nitrogen and oxygen atoms in total. The fourth-order valence-corrected chi connectivity index (χ4v) is 1.59. The number of fused-ring (bicyclic) bond motifs is 1. The van der Waals surface area contributed by atoms with Gasteiger partial charge in [0.1, 0.15) is 5.56 Å². The molecule has 1 N–H and O–H groups in total. The minimum Gasteiger partial charge on any atom is -0.480 e. The maximum atomic E-state index is 10.9. The van der Waals surface area contributed by atoms with Gasteiger partial charge in [0.05, 0.1) is 17.8 Å². The molecule has 7 heteroatoms. The van der Waals surface area contributed by atoms with E-state index >= 15 is 0 Å². The molecular formula is C8H6BrN3O3. The van der Waals surface area contributed by atoms with Crippen LogP contribution in [0.2, 0.25) is 0 Å². The van der Waals surface area contributed by atoms with Crippen molar-refractivity contribution >= 4 is 27.5 Å². The third-order valence-electron chi connectivity index (χ3n) is 1.86. The summed E-state index contributed by atoms with van der Waals surface area (Å²) in [5.74, 6) is -0.953. The third-order valence-corrected chi connectivity index (χ3v) is 2.42. The van der Waals surface area contributed by atoms with Crippen LogP contribution < -0.4 is 4.74 Å². The van der Waals surface area contributed by atoms with Crippen LogP contribution in [0.3, 0.4) is 0 Å². The van der Waals surface area contributed by atoms with Crippen LogP contribution in [0.5, 0.6) is 5.88 Å². The highest BCUT2D eigenvalue weighted by atomic mass is 79.9. The second-order valence-electron chi connectivity index (χ2n) is 2.71. The van der Waals surface area contributed by atoms with Crippen LogP contribution in [0, 0.1) is 0 Å². The smallest absolute Gasteiger partial charge is 0.342 e. The Morgan fingerprint density at radius 1 is 1.60 bits per heavy atom. The molecule has 0 saturated carbocycles. The highest BCUT2D eigenvalue weighted by Gasteiger charge is 2.17. The van der Waals surface area contributed by atoms with Crippen LogP contribution in [0.25, 0.3) is 5.65 Å². The van der Waals surface area contributed by atoms with Crippen LogP contribution in [-0.2, 0) is 0 Å². The summed E-state index contributed by atoms with van der Waals surface area (Å²) in [6.45, 7) is 0. The molecule has 0 atom stereocenters. The van der Waals surface area contributed by atoms with E-state index in [9.17, 15) is 4.79 Å². The lowest BCUT2D eigenvalue weighted by molar-refractivity contribution is 0.0691. The Labute approximate surface area is 92.6 Å². The molecule has 0 spiro atoms. The van der Waals surface area contributed by atoms with Gasteiger partial charge in [0, 0.05) is 6.20 Å². The van der Waals surface area contributed by atoms with Gasteiger partial charge in [-0.05, 0) is 15.9 Å². The Morgan fingerprint density at radius 3 is 2.93 bits per heavy atom. The van der Waals surface area contributed by atoms with E-state index < -0.39 is 5.97 Å². The standard InChI is InChI=1S/C8H6BrN3O3/c1-15-7-4(8(13)14)2-10-6-5(9)3-11-12(6)7/h2-3H,1H3,(H,13,14). The van der Waals surface area contributed by atoms with Crippen molar-refractivity contribution in [1.29, 1.82) is 0 Å². The normalized spacial score (nSPS) is 10.5. The van der Waals surface area contributed by atoms with Crippen LogP contribution in [0.4, 0.5) is 0 Å². The van der Waals surface area contributed by atoms with E-state index in [0.29, 0.717) is 10.1 Å². The van der Waals surface area contributed by atoms with Gasteiger partial charge >= 0.3 is 5.97 Å². The van der Waals surface area contributed by atoms with Crippen molar-refractivity contribution in [3.05, 3.63) is 22.4 Å². The summed E-state index contributed by atoms with van der Waals surface area (Å²) in [6.07, 6.45) is 2.76. The van der Waals surface area contributed by atoms with Gasteiger partial charge in [-0.3, -0.25) is 0 Å². The van der Waals surface area contributed by atoms with Crippen molar-refractivity contribution < 1.29 is 14.6 Å². The first-order chi connectivity index (χ1) is 7.15. The SMILES string of the molecule is COc1c(C(=O)O)cnc2c(Br)cnn12. The number of ether oxygens (including phenoxy) is 1. The molecule has 2 aromatic heterocycles. The molecule has 2 heterocycles. The summed E-state index contributed by atoms with van der Waals surface area (Å²) in [6, 6.07) is 0. The molecule has 0 aromatic carbocycles. The third kappa shape index (κ3) is 1.44.